The van der Waals surface area contributed by atoms with Crippen LogP contribution in [0, 0.1) is 5.92 Å². The molecule has 0 radical (unpaired) electrons. The SMILES string of the molecule is COc1ccccc1[C@H]1C(C(=O)c2ccc(Cl)cc2)C2(N[C@@H]1c1ccccc1)C(=O)Nc1ccccc12. The van der Waals surface area contributed by atoms with Gasteiger partial charge in [0.1, 0.15) is 11.3 Å². The minimum absolute atomic E-state index is 0.134. The Morgan fingerprint density at radius 1 is 0.865 bits per heavy atom. The molecule has 184 valence electrons. The molecule has 1 amide bonds. The van der Waals surface area contributed by atoms with Gasteiger partial charge in [0.15, 0.2) is 5.78 Å². The summed E-state index contributed by atoms with van der Waals surface area (Å²) in [5.41, 5.74) is 2.56. The summed E-state index contributed by atoms with van der Waals surface area (Å²) in [5, 5.41) is 7.27. The number of ketones is 1. The zero-order valence-electron chi connectivity index (χ0n) is 20.1. The topological polar surface area (TPSA) is 67.4 Å². The molecule has 4 aromatic carbocycles. The molecule has 0 aliphatic carbocycles. The molecule has 2 aliphatic heterocycles. The van der Waals surface area contributed by atoms with E-state index in [0.717, 1.165) is 16.7 Å². The van der Waals surface area contributed by atoms with Crippen LogP contribution in [0.25, 0.3) is 0 Å². The van der Waals surface area contributed by atoms with Crippen molar-refractivity contribution in [3.05, 3.63) is 130 Å². The first kappa shape index (κ1) is 23.5. The highest BCUT2D eigenvalue weighted by Gasteiger charge is 2.64. The molecular weight excluding hydrogens is 484 g/mol. The number of methoxy groups -OCH3 is 1. The van der Waals surface area contributed by atoms with E-state index in [1.54, 1.807) is 31.4 Å². The van der Waals surface area contributed by atoms with Gasteiger partial charge in [-0.1, -0.05) is 78.3 Å². The Labute approximate surface area is 220 Å². The van der Waals surface area contributed by atoms with Gasteiger partial charge < -0.3 is 10.1 Å². The minimum Gasteiger partial charge on any atom is -0.496 e. The van der Waals surface area contributed by atoms with Crippen molar-refractivity contribution in [3.63, 3.8) is 0 Å². The summed E-state index contributed by atoms with van der Waals surface area (Å²) in [6, 6.07) is 31.8. The number of anilines is 1. The Morgan fingerprint density at radius 3 is 2.30 bits per heavy atom. The summed E-state index contributed by atoms with van der Waals surface area (Å²) in [4.78, 5) is 28.5. The fourth-order valence-corrected chi connectivity index (χ4v) is 6.15. The van der Waals surface area contributed by atoms with Crippen molar-refractivity contribution in [2.75, 3.05) is 12.4 Å². The lowest BCUT2D eigenvalue weighted by Gasteiger charge is -2.31. The summed E-state index contributed by atoms with van der Waals surface area (Å²) in [6.07, 6.45) is 0. The molecule has 4 atom stereocenters. The fourth-order valence-electron chi connectivity index (χ4n) is 6.02. The number of amides is 1. The third kappa shape index (κ3) is 3.66. The molecule has 5 nitrogen and oxygen atoms in total. The largest absolute Gasteiger partial charge is 0.496 e. The number of nitrogens with one attached hydrogen (secondary N) is 2. The van der Waals surface area contributed by atoms with Crippen LogP contribution >= 0.6 is 11.6 Å². The van der Waals surface area contributed by atoms with Crippen LogP contribution in [-0.2, 0) is 10.3 Å². The monoisotopic (exact) mass is 508 g/mol. The first-order valence-electron chi connectivity index (χ1n) is 12.2. The number of para-hydroxylation sites is 2. The third-order valence-corrected chi connectivity index (χ3v) is 7.85. The van der Waals surface area contributed by atoms with Gasteiger partial charge in [-0.25, -0.2) is 0 Å². The maximum absolute atomic E-state index is 14.5. The van der Waals surface area contributed by atoms with Gasteiger partial charge in [-0.05, 0) is 47.5 Å². The molecule has 1 spiro atoms. The summed E-state index contributed by atoms with van der Waals surface area (Å²) in [7, 11) is 1.63. The predicted molar refractivity (Wildman–Crippen MR) is 144 cm³/mol. The molecular formula is C31H25ClN2O3. The van der Waals surface area contributed by atoms with Gasteiger partial charge in [-0.15, -0.1) is 0 Å². The Kier molecular flexibility index (Phi) is 5.82. The average molecular weight is 509 g/mol. The first-order valence-corrected chi connectivity index (χ1v) is 12.6. The highest BCUT2D eigenvalue weighted by atomic mass is 35.5. The lowest BCUT2D eigenvalue weighted by molar-refractivity contribution is -0.122. The summed E-state index contributed by atoms with van der Waals surface area (Å²) in [5.74, 6) is -0.866. The molecule has 0 bridgehead atoms. The van der Waals surface area contributed by atoms with Crippen LogP contribution in [0.5, 0.6) is 5.75 Å². The van der Waals surface area contributed by atoms with Gasteiger partial charge in [0.25, 0.3) is 0 Å². The van der Waals surface area contributed by atoms with Crippen LogP contribution < -0.4 is 15.4 Å². The second kappa shape index (κ2) is 9.18. The Morgan fingerprint density at radius 2 is 1.54 bits per heavy atom. The molecule has 2 unspecified atom stereocenters. The van der Waals surface area contributed by atoms with E-state index in [0.29, 0.717) is 22.0 Å². The zero-order valence-corrected chi connectivity index (χ0v) is 20.9. The van der Waals surface area contributed by atoms with Crippen molar-refractivity contribution in [2.24, 2.45) is 5.92 Å². The van der Waals surface area contributed by atoms with E-state index in [1.165, 1.54) is 0 Å². The van der Waals surface area contributed by atoms with Crippen molar-refractivity contribution in [1.82, 2.24) is 5.32 Å². The summed E-state index contributed by atoms with van der Waals surface area (Å²) < 4.78 is 5.78. The molecule has 6 heteroatoms. The van der Waals surface area contributed by atoms with E-state index in [2.05, 4.69) is 10.6 Å². The number of carbonyl (C=O) groups is 2. The van der Waals surface area contributed by atoms with E-state index in [1.807, 2.05) is 78.9 Å². The van der Waals surface area contributed by atoms with E-state index < -0.39 is 17.4 Å². The number of hydrogen-bond donors (Lipinski definition) is 2. The number of halogens is 1. The number of fused-ring (bicyclic) bond motifs is 2. The second-order valence-electron chi connectivity index (χ2n) is 9.46. The van der Waals surface area contributed by atoms with Crippen molar-refractivity contribution < 1.29 is 14.3 Å². The molecule has 0 aromatic heterocycles. The van der Waals surface area contributed by atoms with Crippen LogP contribution in [-0.4, -0.2) is 18.8 Å². The number of hydrogen-bond acceptors (Lipinski definition) is 4. The van der Waals surface area contributed by atoms with Gasteiger partial charge >= 0.3 is 0 Å². The maximum atomic E-state index is 14.5. The number of ether oxygens (including phenoxy) is 1. The smallest absolute Gasteiger partial charge is 0.250 e. The molecule has 0 saturated carbocycles. The predicted octanol–water partition coefficient (Wildman–Crippen LogP) is 6.12. The lowest BCUT2D eigenvalue weighted by atomic mass is 9.69. The van der Waals surface area contributed by atoms with E-state index in [4.69, 9.17) is 16.3 Å². The standard InChI is InChI=1S/C31H25ClN2O3/c1-37-25-14-8-5-11-22(25)26-27(29(35)20-15-17-21(32)18-16-20)31(34-28(26)19-9-3-2-4-10-19)23-12-6-7-13-24(23)33-30(31)36/h2-18,26-28,34H,1H3,(H,33,36)/t26-,27?,28+,31?/m0/s1. The van der Waals surface area contributed by atoms with Crippen LogP contribution in [0.15, 0.2) is 103 Å². The summed E-state index contributed by atoms with van der Waals surface area (Å²) >= 11 is 6.15. The van der Waals surface area contributed by atoms with Crippen LogP contribution in [0.1, 0.15) is 39.0 Å². The maximum Gasteiger partial charge on any atom is 0.250 e. The third-order valence-electron chi connectivity index (χ3n) is 7.59. The molecule has 4 aromatic rings. The second-order valence-corrected chi connectivity index (χ2v) is 9.89. The van der Waals surface area contributed by atoms with Crippen molar-refractivity contribution in [1.29, 1.82) is 0 Å². The van der Waals surface area contributed by atoms with Gasteiger partial charge in [0.05, 0.1) is 13.0 Å². The fraction of sp³-hybridized carbons (Fsp3) is 0.161. The molecule has 2 heterocycles. The van der Waals surface area contributed by atoms with Crippen LogP contribution in [0.3, 0.4) is 0 Å². The van der Waals surface area contributed by atoms with Crippen molar-refractivity contribution in [2.45, 2.75) is 17.5 Å². The highest BCUT2D eigenvalue weighted by molar-refractivity contribution is 6.30. The number of rotatable bonds is 5. The van der Waals surface area contributed by atoms with E-state index in [9.17, 15) is 9.59 Å². The van der Waals surface area contributed by atoms with Crippen LogP contribution in [0.4, 0.5) is 5.69 Å². The first-order chi connectivity index (χ1) is 18.0. The summed E-state index contributed by atoms with van der Waals surface area (Å²) in [6.45, 7) is 0. The number of benzene rings is 4. The minimum atomic E-state index is -1.28. The van der Waals surface area contributed by atoms with E-state index in [-0.39, 0.29) is 17.7 Å². The Bertz CT molecular complexity index is 1490. The normalized spacial score (nSPS) is 24.1. The van der Waals surface area contributed by atoms with Crippen LogP contribution in [0.2, 0.25) is 5.02 Å². The van der Waals surface area contributed by atoms with Crippen molar-refractivity contribution >= 4 is 29.0 Å². The Balaban J connectivity index is 1.64. The quantitative estimate of drug-likeness (QED) is 0.318. The van der Waals surface area contributed by atoms with Gasteiger partial charge in [0, 0.05) is 33.8 Å². The molecule has 37 heavy (non-hydrogen) atoms. The van der Waals surface area contributed by atoms with E-state index >= 15 is 0 Å². The molecule has 1 fully saturated rings. The van der Waals surface area contributed by atoms with Gasteiger partial charge in [-0.2, -0.15) is 0 Å². The molecule has 6 rings (SSSR count). The Hall–Kier alpha value is -3.93. The number of carbonyl (C=O) groups excluding carboxylic acids is 2. The lowest BCUT2D eigenvalue weighted by Crippen LogP contribution is -2.50. The van der Waals surface area contributed by atoms with Gasteiger partial charge in [0.2, 0.25) is 5.91 Å². The van der Waals surface area contributed by atoms with Crippen molar-refractivity contribution in [3.8, 4) is 5.75 Å². The number of Topliss-reactive ketones (excluding diaryl/α,β-unsaturated/α-hetero) is 1. The molecule has 2 N–H and O–H groups in total. The highest BCUT2D eigenvalue weighted by Crippen LogP contribution is 2.58. The molecule has 1 saturated heterocycles. The van der Waals surface area contributed by atoms with Gasteiger partial charge in [-0.3, -0.25) is 14.9 Å². The molecule has 2 aliphatic rings. The zero-order chi connectivity index (χ0) is 25.6. The average Bonchev–Trinajstić information content (AvgIpc) is 3.44.